The SMILES string of the molecule is CC(C)[C@H](NC(=O)[C@@H]1Cc2ccccc2CN1C(=O)OC(C)(C)C)C(=O)NCC1CCC(C(=O)O)CC1. The lowest BCUT2D eigenvalue weighted by molar-refractivity contribution is -0.143. The number of nitrogens with zero attached hydrogens (tertiary/aromatic N) is 1. The van der Waals surface area contributed by atoms with Crippen molar-refractivity contribution in [3.05, 3.63) is 35.4 Å². The monoisotopic (exact) mass is 515 g/mol. The Labute approximate surface area is 219 Å². The summed E-state index contributed by atoms with van der Waals surface area (Å²) in [5.41, 5.74) is 1.25. The normalized spacial score (nSPS) is 22.5. The lowest BCUT2D eigenvalue weighted by Crippen LogP contribution is -2.58. The lowest BCUT2D eigenvalue weighted by Gasteiger charge is -2.37. The number of carboxylic acid groups (broad SMARTS) is 1. The number of rotatable bonds is 7. The van der Waals surface area contributed by atoms with Gasteiger partial charge in [0.1, 0.15) is 17.7 Å². The van der Waals surface area contributed by atoms with Crippen molar-refractivity contribution < 1.29 is 29.0 Å². The van der Waals surface area contributed by atoms with Crippen LogP contribution in [0.25, 0.3) is 0 Å². The lowest BCUT2D eigenvalue weighted by atomic mass is 9.82. The van der Waals surface area contributed by atoms with Crippen LogP contribution in [0.1, 0.15) is 71.4 Å². The van der Waals surface area contributed by atoms with Gasteiger partial charge in [-0.25, -0.2) is 4.79 Å². The van der Waals surface area contributed by atoms with E-state index in [1.807, 2.05) is 38.1 Å². The van der Waals surface area contributed by atoms with Crippen molar-refractivity contribution in [2.24, 2.45) is 17.8 Å². The molecule has 2 aliphatic rings. The van der Waals surface area contributed by atoms with Gasteiger partial charge in [0, 0.05) is 13.0 Å². The van der Waals surface area contributed by atoms with Crippen LogP contribution >= 0.6 is 0 Å². The van der Waals surface area contributed by atoms with Crippen LogP contribution in [0, 0.1) is 17.8 Å². The van der Waals surface area contributed by atoms with Gasteiger partial charge in [-0.15, -0.1) is 0 Å². The fourth-order valence-electron chi connectivity index (χ4n) is 5.02. The summed E-state index contributed by atoms with van der Waals surface area (Å²) >= 11 is 0. The van der Waals surface area contributed by atoms with E-state index in [4.69, 9.17) is 4.74 Å². The zero-order chi connectivity index (χ0) is 27.3. The molecule has 0 bridgehead atoms. The Morgan fingerprint density at radius 3 is 2.24 bits per heavy atom. The minimum Gasteiger partial charge on any atom is -0.481 e. The molecule has 3 amide bonds. The summed E-state index contributed by atoms with van der Waals surface area (Å²) in [6.07, 6.45) is 2.50. The second-order valence-corrected chi connectivity index (χ2v) is 11.6. The summed E-state index contributed by atoms with van der Waals surface area (Å²) in [6, 6.07) is 6.14. The van der Waals surface area contributed by atoms with E-state index in [-0.39, 0.29) is 30.2 Å². The van der Waals surface area contributed by atoms with Gasteiger partial charge in [-0.3, -0.25) is 19.3 Å². The Hall–Kier alpha value is -3.10. The molecule has 1 fully saturated rings. The average molecular weight is 516 g/mol. The molecule has 1 aliphatic heterocycles. The molecule has 0 spiro atoms. The molecule has 0 saturated heterocycles. The van der Waals surface area contributed by atoms with E-state index < -0.39 is 35.7 Å². The Kier molecular flexibility index (Phi) is 9.21. The summed E-state index contributed by atoms with van der Waals surface area (Å²) in [4.78, 5) is 52.3. The molecule has 9 nitrogen and oxygen atoms in total. The molecule has 0 aromatic heterocycles. The van der Waals surface area contributed by atoms with Gasteiger partial charge < -0.3 is 20.5 Å². The van der Waals surface area contributed by atoms with E-state index in [1.165, 1.54) is 4.90 Å². The van der Waals surface area contributed by atoms with Crippen molar-refractivity contribution in [3.63, 3.8) is 0 Å². The first-order valence-corrected chi connectivity index (χ1v) is 13.2. The number of nitrogens with one attached hydrogen (secondary N) is 2. The van der Waals surface area contributed by atoms with Crippen LogP contribution in [0.5, 0.6) is 0 Å². The third-order valence-corrected chi connectivity index (χ3v) is 7.19. The number of amides is 3. The molecular weight excluding hydrogens is 474 g/mol. The van der Waals surface area contributed by atoms with Crippen molar-refractivity contribution in [1.29, 1.82) is 0 Å². The molecule has 1 aromatic carbocycles. The smallest absolute Gasteiger partial charge is 0.411 e. The van der Waals surface area contributed by atoms with E-state index in [9.17, 15) is 24.3 Å². The van der Waals surface area contributed by atoms with E-state index >= 15 is 0 Å². The van der Waals surface area contributed by atoms with Crippen LogP contribution < -0.4 is 10.6 Å². The first kappa shape index (κ1) is 28.5. The summed E-state index contributed by atoms with van der Waals surface area (Å²) < 4.78 is 5.59. The second-order valence-electron chi connectivity index (χ2n) is 11.6. The third kappa shape index (κ3) is 7.69. The van der Waals surface area contributed by atoms with Gasteiger partial charge in [0.2, 0.25) is 11.8 Å². The van der Waals surface area contributed by atoms with Crippen molar-refractivity contribution >= 4 is 23.9 Å². The quantitative estimate of drug-likeness (QED) is 0.511. The molecule has 0 radical (unpaired) electrons. The standard InChI is InChI=1S/C28H41N3O6/c1-17(2)23(25(33)29-15-18-10-12-19(13-11-18)26(34)35)30-24(32)22-14-20-8-6-7-9-21(20)16-31(22)27(36)37-28(3,4)5/h6-9,17-19,22-23H,10-16H2,1-5H3,(H,29,33)(H,30,32)(H,34,35)/t18?,19?,22-,23-/m0/s1. The third-order valence-electron chi connectivity index (χ3n) is 7.19. The number of hydrogen-bond acceptors (Lipinski definition) is 5. The highest BCUT2D eigenvalue weighted by atomic mass is 16.6. The number of fused-ring (bicyclic) bond motifs is 1. The number of carbonyl (C=O) groups is 4. The van der Waals surface area contributed by atoms with Crippen LogP contribution in [0.3, 0.4) is 0 Å². The number of carbonyl (C=O) groups excluding carboxylic acids is 3. The Balaban J connectivity index is 1.67. The van der Waals surface area contributed by atoms with Gasteiger partial charge >= 0.3 is 12.1 Å². The van der Waals surface area contributed by atoms with Gasteiger partial charge in [0.25, 0.3) is 0 Å². The number of aliphatic carboxylic acids is 1. The molecule has 3 N–H and O–H groups in total. The number of benzene rings is 1. The minimum absolute atomic E-state index is 0.169. The summed E-state index contributed by atoms with van der Waals surface area (Å²) in [6.45, 7) is 9.78. The molecule has 2 atom stereocenters. The summed E-state index contributed by atoms with van der Waals surface area (Å²) in [5.74, 6) is -1.67. The highest BCUT2D eigenvalue weighted by Gasteiger charge is 2.39. The number of carboxylic acids is 1. The van der Waals surface area contributed by atoms with Crippen LogP contribution in [0.4, 0.5) is 4.79 Å². The van der Waals surface area contributed by atoms with Crippen molar-refractivity contribution in [3.8, 4) is 0 Å². The number of hydrogen-bond donors (Lipinski definition) is 3. The average Bonchev–Trinajstić information content (AvgIpc) is 2.83. The van der Waals surface area contributed by atoms with E-state index in [0.717, 1.165) is 24.0 Å². The first-order chi connectivity index (χ1) is 17.4. The molecule has 1 aromatic rings. The maximum absolute atomic E-state index is 13.5. The van der Waals surface area contributed by atoms with Gasteiger partial charge in [0.05, 0.1) is 12.5 Å². The zero-order valence-corrected chi connectivity index (χ0v) is 22.6. The molecule has 1 saturated carbocycles. The predicted octanol–water partition coefficient (Wildman–Crippen LogP) is 3.50. The van der Waals surface area contributed by atoms with Gasteiger partial charge in [-0.1, -0.05) is 38.1 Å². The molecule has 9 heteroatoms. The zero-order valence-electron chi connectivity index (χ0n) is 22.6. The van der Waals surface area contributed by atoms with Gasteiger partial charge in [-0.05, 0) is 69.4 Å². The van der Waals surface area contributed by atoms with E-state index in [0.29, 0.717) is 25.8 Å². The maximum atomic E-state index is 13.5. The number of ether oxygens (including phenoxy) is 1. The van der Waals surface area contributed by atoms with Crippen molar-refractivity contribution in [1.82, 2.24) is 15.5 Å². The van der Waals surface area contributed by atoms with Crippen LogP contribution in [-0.4, -0.2) is 58.1 Å². The Bertz CT molecular complexity index is 994. The Morgan fingerprint density at radius 1 is 1.05 bits per heavy atom. The van der Waals surface area contributed by atoms with Crippen molar-refractivity contribution in [2.75, 3.05) is 6.54 Å². The van der Waals surface area contributed by atoms with Crippen LogP contribution in [0.2, 0.25) is 0 Å². The topological polar surface area (TPSA) is 125 Å². The second kappa shape index (κ2) is 12.0. The predicted molar refractivity (Wildman–Crippen MR) is 139 cm³/mol. The van der Waals surface area contributed by atoms with Crippen LogP contribution in [-0.2, 0) is 32.1 Å². The largest absolute Gasteiger partial charge is 0.481 e. The Morgan fingerprint density at radius 2 is 1.68 bits per heavy atom. The first-order valence-electron chi connectivity index (χ1n) is 13.2. The fraction of sp³-hybridized carbons (Fsp3) is 0.643. The molecule has 1 heterocycles. The molecular formula is C28H41N3O6. The minimum atomic E-state index is -0.801. The van der Waals surface area contributed by atoms with E-state index in [1.54, 1.807) is 20.8 Å². The van der Waals surface area contributed by atoms with E-state index in [2.05, 4.69) is 10.6 Å². The molecule has 1 aliphatic carbocycles. The highest BCUT2D eigenvalue weighted by Crippen LogP contribution is 2.29. The summed E-state index contributed by atoms with van der Waals surface area (Å²) in [7, 11) is 0. The molecule has 0 unspecified atom stereocenters. The highest BCUT2D eigenvalue weighted by molar-refractivity contribution is 5.92. The molecule has 3 rings (SSSR count). The maximum Gasteiger partial charge on any atom is 0.411 e. The van der Waals surface area contributed by atoms with Gasteiger partial charge in [-0.2, -0.15) is 0 Å². The molecule has 204 valence electrons. The van der Waals surface area contributed by atoms with Crippen molar-refractivity contribution in [2.45, 2.75) is 91.0 Å². The fourth-order valence-corrected chi connectivity index (χ4v) is 5.02. The van der Waals surface area contributed by atoms with Gasteiger partial charge in [0.15, 0.2) is 0 Å². The summed E-state index contributed by atoms with van der Waals surface area (Å²) in [5, 5.41) is 15.0. The molecule has 37 heavy (non-hydrogen) atoms. The van der Waals surface area contributed by atoms with Crippen LogP contribution in [0.15, 0.2) is 24.3 Å².